The van der Waals surface area contributed by atoms with Crippen LogP contribution < -0.4 is 19.6 Å². The number of rotatable bonds is 11. The van der Waals surface area contributed by atoms with Crippen molar-refractivity contribution in [2.24, 2.45) is 5.10 Å². The molecule has 38 heavy (non-hydrogen) atoms. The standard InChI is InChI=1S/C24H20Cl2N4O8/c1-3-8-37-21-6-4-15(11-22(21)36-2)24(31)28-27-13-14-9-17(25)23(18(26)10-14)38-20-7-5-16(29(32)33)12-19(20)30(34)35/h4-7,9-13H,3,8H2,1-2H3,(H,28,31)/b27-13+. The molecule has 0 bridgehead atoms. The fourth-order valence-electron chi connectivity index (χ4n) is 3.08. The predicted octanol–water partition coefficient (Wildman–Crippen LogP) is 6.16. The number of hydrazone groups is 1. The number of carbonyl (C=O) groups excluding carboxylic acids is 1. The first-order valence-electron chi connectivity index (χ1n) is 10.9. The lowest BCUT2D eigenvalue weighted by Crippen LogP contribution is -2.17. The number of amides is 1. The molecule has 1 N–H and O–H groups in total. The van der Waals surface area contributed by atoms with Crippen LogP contribution in [0.2, 0.25) is 10.0 Å². The van der Waals surface area contributed by atoms with Crippen LogP contribution in [0.4, 0.5) is 11.4 Å². The Bertz CT molecular complexity index is 1390. The molecule has 14 heteroatoms. The van der Waals surface area contributed by atoms with Gasteiger partial charge in [-0.25, -0.2) is 5.43 Å². The fourth-order valence-corrected chi connectivity index (χ4v) is 3.66. The van der Waals surface area contributed by atoms with E-state index < -0.39 is 27.1 Å². The van der Waals surface area contributed by atoms with Gasteiger partial charge in [-0.2, -0.15) is 5.10 Å². The maximum absolute atomic E-state index is 12.5. The van der Waals surface area contributed by atoms with Gasteiger partial charge in [-0.15, -0.1) is 0 Å². The molecule has 0 spiro atoms. The van der Waals surface area contributed by atoms with E-state index in [2.05, 4.69) is 10.5 Å². The number of methoxy groups -OCH3 is 1. The van der Waals surface area contributed by atoms with E-state index in [1.54, 1.807) is 12.1 Å². The van der Waals surface area contributed by atoms with E-state index in [-0.39, 0.29) is 27.1 Å². The van der Waals surface area contributed by atoms with Crippen molar-refractivity contribution in [3.05, 3.63) is 89.9 Å². The normalized spacial score (nSPS) is 10.7. The first-order valence-corrected chi connectivity index (χ1v) is 11.6. The molecule has 0 atom stereocenters. The Hall–Kier alpha value is -4.42. The summed E-state index contributed by atoms with van der Waals surface area (Å²) in [7, 11) is 1.47. The number of halogens is 2. The van der Waals surface area contributed by atoms with Gasteiger partial charge in [0.2, 0.25) is 5.75 Å². The second-order valence-electron chi connectivity index (χ2n) is 7.50. The van der Waals surface area contributed by atoms with Crippen molar-refractivity contribution in [3.8, 4) is 23.0 Å². The molecule has 12 nitrogen and oxygen atoms in total. The third kappa shape index (κ3) is 6.87. The van der Waals surface area contributed by atoms with Gasteiger partial charge in [0, 0.05) is 11.6 Å². The zero-order chi connectivity index (χ0) is 27.8. The molecule has 3 aromatic carbocycles. The molecule has 0 fully saturated rings. The highest BCUT2D eigenvalue weighted by Crippen LogP contribution is 2.41. The number of nitrogens with zero attached hydrogens (tertiary/aromatic N) is 3. The van der Waals surface area contributed by atoms with Gasteiger partial charge >= 0.3 is 5.69 Å². The molecule has 0 saturated heterocycles. The van der Waals surface area contributed by atoms with Crippen molar-refractivity contribution in [2.75, 3.05) is 13.7 Å². The van der Waals surface area contributed by atoms with Crippen molar-refractivity contribution < 1.29 is 28.9 Å². The number of nitro benzene ring substituents is 2. The van der Waals surface area contributed by atoms with Crippen molar-refractivity contribution in [1.29, 1.82) is 0 Å². The molecule has 0 radical (unpaired) electrons. The van der Waals surface area contributed by atoms with E-state index in [9.17, 15) is 25.0 Å². The zero-order valence-electron chi connectivity index (χ0n) is 20.0. The lowest BCUT2D eigenvalue weighted by atomic mass is 10.2. The second-order valence-corrected chi connectivity index (χ2v) is 8.31. The number of hydrogen-bond donors (Lipinski definition) is 1. The van der Waals surface area contributed by atoms with Crippen molar-refractivity contribution in [1.82, 2.24) is 5.43 Å². The van der Waals surface area contributed by atoms with E-state index in [0.717, 1.165) is 24.6 Å². The van der Waals surface area contributed by atoms with E-state index in [0.29, 0.717) is 23.7 Å². The Morgan fingerprint density at radius 2 is 1.68 bits per heavy atom. The maximum atomic E-state index is 12.5. The molecule has 0 saturated carbocycles. The number of nitrogens with one attached hydrogen (secondary N) is 1. The third-order valence-corrected chi connectivity index (χ3v) is 5.41. The van der Waals surface area contributed by atoms with Gasteiger partial charge in [-0.1, -0.05) is 30.1 Å². The highest BCUT2D eigenvalue weighted by atomic mass is 35.5. The largest absolute Gasteiger partial charge is 0.493 e. The Balaban J connectivity index is 1.74. The highest BCUT2D eigenvalue weighted by Gasteiger charge is 2.23. The molecular weight excluding hydrogens is 543 g/mol. The molecular formula is C24H20Cl2N4O8. The van der Waals surface area contributed by atoms with Gasteiger partial charge in [0.05, 0.1) is 45.9 Å². The van der Waals surface area contributed by atoms with Crippen LogP contribution in [0.1, 0.15) is 29.3 Å². The van der Waals surface area contributed by atoms with Gasteiger partial charge < -0.3 is 14.2 Å². The number of nitro groups is 2. The monoisotopic (exact) mass is 562 g/mol. The molecule has 0 heterocycles. The topological polar surface area (TPSA) is 155 Å². The summed E-state index contributed by atoms with van der Waals surface area (Å²) in [6.07, 6.45) is 2.10. The minimum absolute atomic E-state index is 0.0228. The Labute approximate surface area is 226 Å². The Kier molecular flexibility index (Phi) is 9.41. The number of hydrogen-bond acceptors (Lipinski definition) is 9. The fraction of sp³-hybridized carbons (Fsp3) is 0.167. The summed E-state index contributed by atoms with van der Waals surface area (Å²) in [5.41, 5.74) is 1.93. The van der Waals surface area contributed by atoms with E-state index in [1.165, 1.54) is 31.5 Å². The summed E-state index contributed by atoms with van der Waals surface area (Å²) in [6, 6.07) is 10.4. The molecule has 3 rings (SSSR count). The minimum atomic E-state index is -0.824. The summed E-state index contributed by atoms with van der Waals surface area (Å²) in [5, 5.41) is 26.1. The summed E-state index contributed by atoms with van der Waals surface area (Å²) in [4.78, 5) is 33.2. The van der Waals surface area contributed by atoms with Gasteiger partial charge in [-0.3, -0.25) is 25.0 Å². The maximum Gasteiger partial charge on any atom is 0.318 e. The summed E-state index contributed by atoms with van der Waals surface area (Å²) < 4.78 is 16.4. The Morgan fingerprint density at radius 3 is 2.29 bits per heavy atom. The smallest absolute Gasteiger partial charge is 0.318 e. The molecule has 0 aliphatic carbocycles. The summed E-state index contributed by atoms with van der Waals surface area (Å²) in [5.74, 6) is 0.00494. The van der Waals surface area contributed by atoms with Gasteiger partial charge in [0.25, 0.3) is 11.6 Å². The van der Waals surface area contributed by atoms with Crippen LogP contribution in [0.15, 0.2) is 53.6 Å². The van der Waals surface area contributed by atoms with Crippen LogP contribution in [0.3, 0.4) is 0 Å². The molecule has 198 valence electrons. The molecule has 0 aliphatic heterocycles. The molecule has 0 aromatic heterocycles. The SMILES string of the molecule is CCCOc1ccc(C(=O)N/N=C/c2cc(Cl)c(Oc3ccc([N+](=O)[O-])cc3[N+](=O)[O-])c(Cl)c2)cc1OC. The first kappa shape index (κ1) is 28.2. The summed E-state index contributed by atoms with van der Waals surface area (Å²) >= 11 is 12.5. The van der Waals surface area contributed by atoms with Crippen LogP contribution in [0.5, 0.6) is 23.0 Å². The minimum Gasteiger partial charge on any atom is -0.493 e. The number of carbonyl (C=O) groups is 1. The highest BCUT2D eigenvalue weighted by molar-refractivity contribution is 6.37. The number of non-ortho nitro benzene ring substituents is 1. The van der Waals surface area contributed by atoms with Crippen molar-refractivity contribution >= 4 is 46.7 Å². The van der Waals surface area contributed by atoms with E-state index in [1.807, 2.05) is 6.92 Å². The van der Waals surface area contributed by atoms with Crippen LogP contribution in [-0.2, 0) is 0 Å². The van der Waals surface area contributed by atoms with Crippen LogP contribution in [-0.4, -0.2) is 35.7 Å². The molecule has 1 amide bonds. The van der Waals surface area contributed by atoms with Gasteiger partial charge in [-0.05, 0) is 48.4 Å². The summed E-state index contributed by atoms with van der Waals surface area (Å²) in [6.45, 7) is 2.48. The lowest BCUT2D eigenvalue weighted by molar-refractivity contribution is -0.394. The quantitative estimate of drug-likeness (QED) is 0.165. The average molecular weight is 563 g/mol. The van der Waals surface area contributed by atoms with E-state index in [4.69, 9.17) is 37.4 Å². The molecule has 3 aromatic rings. The second kappa shape index (κ2) is 12.7. The Morgan fingerprint density at radius 1 is 1.00 bits per heavy atom. The van der Waals surface area contributed by atoms with Gasteiger partial charge in [0.1, 0.15) is 0 Å². The van der Waals surface area contributed by atoms with Gasteiger partial charge in [0.15, 0.2) is 17.2 Å². The number of ether oxygens (including phenoxy) is 3. The van der Waals surface area contributed by atoms with Crippen molar-refractivity contribution in [3.63, 3.8) is 0 Å². The lowest BCUT2D eigenvalue weighted by Gasteiger charge is -2.11. The van der Waals surface area contributed by atoms with Crippen molar-refractivity contribution in [2.45, 2.75) is 13.3 Å². The van der Waals surface area contributed by atoms with Crippen LogP contribution in [0.25, 0.3) is 0 Å². The number of benzene rings is 3. The zero-order valence-corrected chi connectivity index (χ0v) is 21.5. The first-order chi connectivity index (χ1) is 18.1. The molecule has 0 unspecified atom stereocenters. The third-order valence-electron chi connectivity index (χ3n) is 4.85. The molecule has 0 aliphatic rings. The van der Waals surface area contributed by atoms with E-state index >= 15 is 0 Å². The average Bonchev–Trinajstić information content (AvgIpc) is 2.89. The predicted molar refractivity (Wildman–Crippen MR) is 140 cm³/mol. The van der Waals surface area contributed by atoms with Crippen LogP contribution in [0, 0.1) is 20.2 Å². The van der Waals surface area contributed by atoms with Crippen LogP contribution >= 0.6 is 23.2 Å².